The molecule has 2 saturated heterocycles. The van der Waals surface area contributed by atoms with Gasteiger partial charge in [-0.3, -0.25) is 22.7 Å². The zero-order valence-corrected chi connectivity index (χ0v) is 26.0. The molecule has 4 aromatic heterocycles. The number of anilines is 2. The highest BCUT2D eigenvalue weighted by molar-refractivity contribution is 8.44. The average molecular weight is 692 g/mol. The van der Waals surface area contributed by atoms with Gasteiger partial charge in [-0.2, -0.15) is 4.98 Å². The Balaban J connectivity index is 1.22. The zero-order chi connectivity index (χ0) is 31.1. The van der Waals surface area contributed by atoms with Crippen molar-refractivity contribution in [3.63, 3.8) is 0 Å². The lowest BCUT2D eigenvalue weighted by Gasteiger charge is -2.30. The summed E-state index contributed by atoms with van der Waals surface area (Å²) < 4.78 is 79.8. The third-order valence-corrected chi connectivity index (χ3v) is 11.0. The van der Waals surface area contributed by atoms with Crippen LogP contribution in [-0.2, 0) is 32.0 Å². The minimum atomic E-state index is -4.31. The van der Waals surface area contributed by atoms with Crippen molar-refractivity contribution in [3.8, 4) is 0 Å². The maximum atomic E-state index is 16.1. The van der Waals surface area contributed by atoms with Crippen molar-refractivity contribution in [1.29, 1.82) is 0 Å². The third-order valence-electron chi connectivity index (χ3n) is 7.80. The molecule has 2 unspecified atom stereocenters. The molecule has 18 nitrogen and oxygen atoms in total. The fourth-order valence-electron chi connectivity index (χ4n) is 5.78. The van der Waals surface area contributed by atoms with Gasteiger partial charge in [0.15, 0.2) is 35.0 Å². The molecule has 2 bridgehead atoms. The smallest absolute Gasteiger partial charge is 0.386 e. The Labute approximate surface area is 256 Å². The highest BCUT2D eigenvalue weighted by atomic mass is 32.7. The Morgan fingerprint density at radius 1 is 0.955 bits per heavy atom. The molecule has 0 radical (unpaired) electrons. The maximum Gasteiger partial charge on any atom is 0.386 e. The molecule has 0 aromatic carbocycles. The first kappa shape index (κ1) is 30.1. The lowest BCUT2D eigenvalue weighted by atomic mass is 10.1. The van der Waals surface area contributed by atoms with Gasteiger partial charge < -0.3 is 25.2 Å². The van der Waals surface area contributed by atoms with E-state index in [2.05, 4.69) is 49.4 Å². The van der Waals surface area contributed by atoms with E-state index >= 15 is 4.39 Å². The van der Waals surface area contributed by atoms with Crippen LogP contribution >= 0.6 is 38.1 Å². The van der Waals surface area contributed by atoms with Crippen LogP contribution in [0.3, 0.4) is 0 Å². The van der Waals surface area contributed by atoms with E-state index in [1.54, 1.807) is 6.92 Å². The fraction of sp³-hybridized carbons (Fsp3) is 0.524. The van der Waals surface area contributed by atoms with Crippen LogP contribution in [0.5, 0.6) is 0 Å². The number of nitrogen functional groups attached to an aromatic ring is 2. The zero-order valence-electron chi connectivity index (χ0n) is 22.4. The van der Waals surface area contributed by atoms with E-state index in [4.69, 9.17) is 38.7 Å². The molecule has 6 heterocycles. The second kappa shape index (κ2) is 10.7. The topological polar surface area (TPSA) is 237 Å². The Morgan fingerprint density at radius 3 is 2.48 bits per heavy atom. The summed E-state index contributed by atoms with van der Waals surface area (Å²) in [7, 11) is 0. The number of imidazole rings is 2. The number of hydrogen-bond donors (Lipinski definition) is 4. The number of rotatable bonds is 2. The normalized spacial score (nSPS) is 38.0. The van der Waals surface area contributed by atoms with E-state index in [9.17, 15) is 13.9 Å². The van der Waals surface area contributed by atoms with E-state index in [1.165, 1.54) is 28.1 Å². The maximum absolute atomic E-state index is 16.1. The van der Waals surface area contributed by atoms with E-state index in [0.29, 0.717) is 0 Å². The molecule has 3 aliphatic rings. The number of halogens is 1. The van der Waals surface area contributed by atoms with Crippen molar-refractivity contribution >= 4 is 72.3 Å². The van der Waals surface area contributed by atoms with Gasteiger partial charge in [0.25, 0.3) is 6.01 Å². The summed E-state index contributed by atoms with van der Waals surface area (Å²) >= 11 is 8.32. The van der Waals surface area contributed by atoms with Crippen molar-refractivity contribution in [2.45, 2.75) is 56.2 Å². The first-order chi connectivity index (χ1) is 20.8. The van der Waals surface area contributed by atoms with E-state index in [0.717, 1.165) is 0 Å². The Hall–Kier alpha value is -2.61. The summed E-state index contributed by atoms with van der Waals surface area (Å²) in [6, 6.07) is -1.14. The predicted molar refractivity (Wildman–Crippen MR) is 156 cm³/mol. The van der Waals surface area contributed by atoms with Crippen LogP contribution in [0.15, 0.2) is 28.2 Å². The summed E-state index contributed by atoms with van der Waals surface area (Å²) in [5.74, 6) is -0.557. The van der Waals surface area contributed by atoms with Gasteiger partial charge in [0.1, 0.15) is 24.1 Å². The number of nitrogens with zero attached hydrogens (tertiary/aromatic N) is 7. The van der Waals surface area contributed by atoms with Crippen molar-refractivity contribution < 1.29 is 40.8 Å². The lowest BCUT2D eigenvalue weighted by Crippen LogP contribution is -2.35. The molecule has 0 spiro atoms. The van der Waals surface area contributed by atoms with Crippen molar-refractivity contribution in [2.75, 3.05) is 18.1 Å². The fourth-order valence-corrected chi connectivity index (χ4v) is 9.27. The standard InChI is InChI=1S/C21H24FN9O9P2S2/c1-7-9-2-8(30-5-28-13-18(30)29-21(24)37-20(13)32)14(7)39-41(33,43)35-3-10-15(40-42(34,44)38-9)11(22)19(36-10)31-6-27-12-16(23)25-4-26-17(12)31/h4-11,14-15,19H,2-3H2,1H3,(H2,24,29)(H,33,43)(H,34,44)(H2,23,25,26)/t7-,8-,9+,10-,11-,14-,15-,19-,41?,42?/m1/s1. The van der Waals surface area contributed by atoms with Gasteiger partial charge in [-0.15, -0.1) is 0 Å². The average Bonchev–Trinajstić information content (AvgIpc) is 3.70. The summed E-state index contributed by atoms with van der Waals surface area (Å²) in [6.07, 6.45) is -4.27. The Kier molecular flexibility index (Phi) is 7.34. The SMILES string of the molecule is C[C@H]1[C@H]2OP(=O)(S)OC[C@H]3O[C@@H](n4cnc5c(N)ncnc54)[C@H](F)[C@@H]3OP(=O)(S)O[C@H]1C[C@H]2n1cnc2c(=O)oc(N)nc21. The second-order valence-corrected chi connectivity index (χ2v) is 16.1. The highest BCUT2D eigenvalue weighted by Gasteiger charge is 2.54. The molecule has 3 fully saturated rings. The molecule has 10 atom stereocenters. The van der Waals surface area contributed by atoms with Gasteiger partial charge in [-0.1, -0.05) is 31.4 Å². The Morgan fingerprint density at radius 2 is 1.68 bits per heavy atom. The number of aromatic nitrogens is 7. The minimum absolute atomic E-state index is 0.0647. The monoisotopic (exact) mass is 691 g/mol. The van der Waals surface area contributed by atoms with Crippen LogP contribution in [0, 0.1) is 5.92 Å². The van der Waals surface area contributed by atoms with Crippen LogP contribution in [0.2, 0.25) is 0 Å². The first-order valence-electron chi connectivity index (χ1n) is 13.0. The summed E-state index contributed by atoms with van der Waals surface area (Å²) in [5.41, 5.74) is 11.1. The summed E-state index contributed by atoms with van der Waals surface area (Å²) in [4.78, 5) is 32.5. The number of hydrogen-bond acceptors (Lipinski definition) is 16. The number of ether oxygens (including phenoxy) is 1. The Bertz CT molecular complexity index is 1930. The molecule has 1 saturated carbocycles. The van der Waals surface area contributed by atoms with Gasteiger partial charge in [-0.25, -0.2) is 38.3 Å². The highest BCUT2D eigenvalue weighted by Crippen LogP contribution is 2.63. The van der Waals surface area contributed by atoms with Crippen LogP contribution in [0.4, 0.5) is 16.2 Å². The first-order valence-corrected chi connectivity index (χ1v) is 18.4. The molecule has 4 N–H and O–H groups in total. The summed E-state index contributed by atoms with van der Waals surface area (Å²) in [6.45, 7) is -7.37. The molecule has 7 rings (SSSR count). The van der Waals surface area contributed by atoms with E-state index in [-0.39, 0.29) is 34.6 Å². The molecule has 1 aliphatic carbocycles. The number of nitrogens with two attached hydrogens (primary N) is 2. The summed E-state index contributed by atoms with van der Waals surface area (Å²) in [5, 5.41) is 0. The van der Waals surface area contributed by atoms with Gasteiger partial charge >= 0.3 is 19.2 Å². The van der Waals surface area contributed by atoms with Crippen LogP contribution < -0.4 is 17.1 Å². The van der Waals surface area contributed by atoms with Crippen molar-refractivity contribution in [3.05, 3.63) is 29.4 Å². The molecular weight excluding hydrogens is 667 g/mol. The van der Waals surface area contributed by atoms with Crippen LogP contribution in [0.1, 0.15) is 25.6 Å². The van der Waals surface area contributed by atoms with Gasteiger partial charge in [-0.05, 0) is 6.42 Å². The quantitative estimate of drug-likeness (QED) is 0.174. The van der Waals surface area contributed by atoms with Gasteiger partial charge in [0.2, 0.25) is 0 Å². The van der Waals surface area contributed by atoms with E-state index < -0.39 is 80.6 Å². The van der Waals surface area contributed by atoms with E-state index in [1.807, 2.05) is 0 Å². The molecule has 23 heteroatoms. The van der Waals surface area contributed by atoms with Crippen molar-refractivity contribution in [1.82, 2.24) is 34.1 Å². The van der Waals surface area contributed by atoms with Gasteiger partial charge in [0.05, 0.1) is 37.5 Å². The lowest BCUT2D eigenvalue weighted by molar-refractivity contribution is -0.0445. The molecule has 44 heavy (non-hydrogen) atoms. The number of fused-ring (bicyclic) bond motifs is 5. The molecule has 2 aliphatic heterocycles. The number of thiol groups is 2. The number of alkyl halides is 1. The minimum Gasteiger partial charge on any atom is -0.388 e. The van der Waals surface area contributed by atoms with Crippen molar-refractivity contribution in [2.24, 2.45) is 5.92 Å². The predicted octanol–water partition coefficient (Wildman–Crippen LogP) is 2.47. The largest absolute Gasteiger partial charge is 0.388 e. The van der Waals surface area contributed by atoms with Gasteiger partial charge in [0, 0.05) is 5.92 Å². The van der Waals surface area contributed by atoms with Crippen LogP contribution in [0.25, 0.3) is 22.3 Å². The molecule has 236 valence electrons. The molecule has 4 aromatic rings. The third kappa shape index (κ3) is 5.13. The molecular formula is C21H24FN9O9P2S2. The molecule has 0 amide bonds. The second-order valence-electron chi connectivity index (χ2n) is 10.4. The van der Waals surface area contributed by atoms with Crippen LogP contribution in [-0.4, -0.2) is 71.2 Å².